The van der Waals surface area contributed by atoms with Crippen molar-refractivity contribution in [3.05, 3.63) is 17.5 Å². The molecule has 1 aliphatic rings. The predicted molar refractivity (Wildman–Crippen MR) is 68.0 cm³/mol. The highest BCUT2D eigenvalue weighted by Gasteiger charge is 2.19. The van der Waals surface area contributed by atoms with Crippen LogP contribution < -0.4 is 5.32 Å². The number of nitrogens with one attached hydrogen (secondary N) is 1. The van der Waals surface area contributed by atoms with E-state index in [2.05, 4.69) is 23.4 Å². The van der Waals surface area contributed by atoms with Crippen molar-refractivity contribution in [2.24, 2.45) is 7.05 Å². The third-order valence-electron chi connectivity index (χ3n) is 3.64. The van der Waals surface area contributed by atoms with Crippen molar-refractivity contribution in [1.82, 2.24) is 15.1 Å². The van der Waals surface area contributed by atoms with Gasteiger partial charge in [0.25, 0.3) is 0 Å². The van der Waals surface area contributed by atoms with Gasteiger partial charge in [-0.25, -0.2) is 0 Å². The largest absolute Gasteiger partial charge is 0.378 e. The van der Waals surface area contributed by atoms with E-state index in [9.17, 15) is 0 Å². The van der Waals surface area contributed by atoms with Crippen LogP contribution in [-0.2, 0) is 11.8 Å². The molecule has 1 aromatic heterocycles. The fourth-order valence-electron chi connectivity index (χ4n) is 2.42. The van der Waals surface area contributed by atoms with Crippen molar-refractivity contribution >= 4 is 0 Å². The molecule has 1 aromatic rings. The number of hydrogen-bond acceptors (Lipinski definition) is 3. The van der Waals surface area contributed by atoms with Crippen molar-refractivity contribution in [2.45, 2.75) is 44.8 Å². The summed E-state index contributed by atoms with van der Waals surface area (Å²) in [6.07, 6.45) is 5.13. The van der Waals surface area contributed by atoms with E-state index in [-0.39, 0.29) is 0 Å². The van der Waals surface area contributed by atoms with E-state index in [1.807, 2.05) is 18.8 Å². The van der Waals surface area contributed by atoms with Crippen molar-refractivity contribution in [1.29, 1.82) is 0 Å². The summed E-state index contributed by atoms with van der Waals surface area (Å²) < 4.78 is 7.60. The Labute approximate surface area is 103 Å². The molecule has 1 fully saturated rings. The Morgan fingerprint density at radius 3 is 3.00 bits per heavy atom. The zero-order chi connectivity index (χ0) is 12.3. The Balaban J connectivity index is 1.91. The number of nitrogens with zero attached hydrogens (tertiary/aromatic N) is 2. The topological polar surface area (TPSA) is 39.1 Å². The lowest BCUT2D eigenvalue weighted by atomic mass is 10.0. The van der Waals surface area contributed by atoms with Gasteiger partial charge in [0.15, 0.2) is 0 Å². The fourth-order valence-corrected chi connectivity index (χ4v) is 2.42. The molecule has 1 aliphatic heterocycles. The first-order chi connectivity index (χ1) is 8.20. The maximum atomic E-state index is 5.66. The zero-order valence-corrected chi connectivity index (χ0v) is 11.1. The van der Waals surface area contributed by atoms with Crippen LogP contribution in [0, 0.1) is 6.92 Å². The van der Waals surface area contributed by atoms with Crippen molar-refractivity contribution in [3.8, 4) is 0 Å². The third-order valence-corrected chi connectivity index (χ3v) is 3.64. The monoisotopic (exact) mass is 237 g/mol. The van der Waals surface area contributed by atoms with E-state index < -0.39 is 0 Å². The summed E-state index contributed by atoms with van der Waals surface area (Å²) in [4.78, 5) is 0. The van der Waals surface area contributed by atoms with Gasteiger partial charge in [-0.3, -0.25) is 4.68 Å². The van der Waals surface area contributed by atoms with Crippen LogP contribution in [-0.4, -0.2) is 29.5 Å². The van der Waals surface area contributed by atoms with Crippen molar-refractivity contribution in [3.63, 3.8) is 0 Å². The Morgan fingerprint density at radius 2 is 2.47 bits per heavy atom. The Kier molecular flexibility index (Phi) is 4.18. The highest BCUT2D eigenvalue weighted by atomic mass is 16.5. The van der Waals surface area contributed by atoms with Crippen LogP contribution in [0.3, 0.4) is 0 Å². The van der Waals surface area contributed by atoms with Gasteiger partial charge in [0.05, 0.1) is 17.8 Å². The molecule has 1 N–H and O–H groups in total. The fraction of sp³-hybridized carbons (Fsp3) is 0.769. The minimum Gasteiger partial charge on any atom is -0.378 e. The summed E-state index contributed by atoms with van der Waals surface area (Å²) in [5.74, 6) is 0. The maximum absolute atomic E-state index is 5.66. The molecule has 2 heterocycles. The molecule has 0 aromatic carbocycles. The molecular formula is C13H23N3O. The van der Waals surface area contributed by atoms with Gasteiger partial charge < -0.3 is 10.1 Å². The highest BCUT2D eigenvalue weighted by molar-refractivity contribution is 5.12. The first-order valence-corrected chi connectivity index (χ1v) is 6.50. The highest BCUT2D eigenvalue weighted by Crippen LogP contribution is 2.23. The lowest BCUT2D eigenvalue weighted by Crippen LogP contribution is -2.19. The van der Waals surface area contributed by atoms with E-state index in [0.29, 0.717) is 12.1 Å². The SMILES string of the molecule is CNC(CCC1CCCO1)c1cc(C)n(C)n1. The number of aryl methyl sites for hydroxylation is 2. The van der Waals surface area contributed by atoms with Crippen LogP contribution in [0.1, 0.15) is 43.1 Å². The number of aromatic nitrogens is 2. The molecular weight excluding hydrogens is 214 g/mol. The van der Waals surface area contributed by atoms with E-state index in [0.717, 1.165) is 25.1 Å². The molecule has 0 bridgehead atoms. The summed E-state index contributed by atoms with van der Waals surface area (Å²) in [7, 11) is 4.00. The second-order valence-electron chi connectivity index (χ2n) is 4.89. The molecule has 4 heteroatoms. The summed E-state index contributed by atoms with van der Waals surface area (Å²) in [6.45, 7) is 3.03. The number of ether oxygens (including phenoxy) is 1. The number of hydrogen-bond donors (Lipinski definition) is 1. The molecule has 2 rings (SSSR count). The molecule has 4 nitrogen and oxygen atoms in total. The molecule has 2 unspecified atom stereocenters. The summed E-state index contributed by atoms with van der Waals surface area (Å²) in [5, 5.41) is 7.89. The van der Waals surface area contributed by atoms with Gasteiger partial charge in [0, 0.05) is 19.3 Å². The lowest BCUT2D eigenvalue weighted by molar-refractivity contribution is 0.0997. The van der Waals surface area contributed by atoms with Gasteiger partial charge in [-0.15, -0.1) is 0 Å². The Morgan fingerprint density at radius 1 is 1.65 bits per heavy atom. The van der Waals surface area contributed by atoms with Crippen LogP contribution in [0.25, 0.3) is 0 Å². The van der Waals surface area contributed by atoms with Gasteiger partial charge in [0.1, 0.15) is 0 Å². The van der Waals surface area contributed by atoms with Crippen LogP contribution in [0.4, 0.5) is 0 Å². The zero-order valence-electron chi connectivity index (χ0n) is 11.1. The van der Waals surface area contributed by atoms with E-state index >= 15 is 0 Å². The number of rotatable bonds is 5. The quantitative estimate of drug-likeness (QED) is 0.850. The minimum atomic E-state index is 0.346. The van der Waals surface area contributed by atoms with Gasteiger partial charge in [-0.1, -0.05) is 0 Å². The summed E-state index contributed by atoms with van der Waals surface area (Å²) in [6, 6.07) is 2.51. The average Bonchev–Trinajstić information content (AvgIpc) is 2.91. The molecule has 1 saturated heterocycles. The molecule has 0 aliphatic carbocycles. The molecule has 0 radical (unpaired) electrons. The van der Waals surface area contributed by atoms with Gasteiger partial charge in [-0.2, -0.15) is 5.10 Å². The van der Waals surface area contributed by atoms with Gasteiger partial charge in [-0.05, 0) is 45.7 Å². The lowest BCUT2D eigenvalue weighted by Gasteiger charge is -2.16. The molecule has 2 atom stereocenters. The first-order valence-electron chi connectivity index (χ1n) is 6.50. The van der Waals surface area contributed by atoms with Crippen molar-refractivity contribution < 1.29 is 4.74 Å². The van der Waals surface area contributed by atoms with Crippen LogP contribution in [0.5, 0.6) is 0 Å². The summed E-state index contributed by atoms with van der Waals surface area (Å²) >= 11 is 0. The molecule has 0 amide bonds. The Bertz CT molecular complexity index is 336. The van der Waals surface area contributed by atoms with Gasteiger partial charge in [0.2, 0.25) is 0 Å². The predicted octanol–water partition coefficient (Wildman–Crippen LogP) is 1.95. The third kappa shape index (κ3) is 3.07. The van der Waals surface area contributed by atoms with Crippen molar-refractivity contribution in [2.75, 3.05) is 13.7 Å². The normalized spacial score (nSPS) is 21.9. The van der Waals surface area contributed by atoms with Crippen LogP contribution >= 0.6 is 0 Å². The smallest absolute Gasteiger partial charge is 0.0796 e. The summed E-state index contributed by atoms with van der Waals surface area (Å²) in [5.41, 5.74) is 2.35. The standard InChI is InChI=1S/C13H23N3O/c1-10-9-13(15-16(10)3)12(14-2)7-6-11-5-4-8-17-11/h9,11-12,14H,4-8H2,1-3H3. The molecule has 17 heavy (non-hydrogen) atoms. The molecule has 96 valence electrons. The van der Waals surface area contributed by atoms with E-state index in [1.54, 1.807) is 0 Å². The van der Waals surface area contributed by atoms with E-state index in [1.165, 1.54) is 18.5 Å². The first kappa shape index (κ1) is 12.6. The Hall–Kier alpha value is -0.870. The second kappa shape index (κ2) is 5.65. The second-order valence-corrected chi connectivity index (χ2v) is 4.89. The van der Waals surface area contributed by atoms with Gasteiger partial charge >= 0.3 is 0 Å². The van der Waals surface area contributed by atoms with E-state index in [4.69, 9.17) is 4.74 Å². The average molecular weight is 237 g/mol. The molecule has 0 saturated carbocycles. The van der Waals surface area contributed by atoms with Crippen LogP contribution in [0.2, 0.25) is 0 Å². The molecule has 0 spiro atoms. The maximum Gasteiger partial charge on any atom is 0.0796 e. The van der Waals surface area contributed by atoms with Crippen LogP contribution in [0.15, 0.2) is 6.07 Å². The minimum absolute atomic E-state index is 0.346.